The van der Waals surface area contributed by atoms with Crippen LogP contribution in [0.3, 0.4) is 0 Å². The summed E-state index contributed by atoms with van der Waals surface area (Å²) in [7, 11) is -0.908. The predicted octanol–water partition coefficient (Wildman–Crippen LogP) is 1.29. The number of hydrogen-bond acceptors (Lipinski definition) is 6. The first kappa shape index (κ1) is 17.3. The number of hydrogen-bond donors (Lipinski definition) is 1. The van der Waals surface area contributed by atoms with E-state index in [0.29, 0.717) is 12.2 Å². The number of methoxy groups -OCH3 is 1. The number of benzene rings is 1. The molecule has 8 nitrogen and oxygen atoms in total. The van der Waals surface area contributed by atoms with Crippen LogP contribution in [0, 0.1) is 10.1 Å². The predicted molar refractivity (Wildman–Crippen MR) is 79.0 cm³/mol. The van der Waals surface area contributed by atoms with Gasteiger partial charge in [-0.1, -0.05) is 0 Å². The summed E-state index contributed by atoms with van der Waals surface area (Å²) in [6.45, 7) is 2.71. The average molecular weight is 317 g/mol. The summed E-state index contributed by atoms with van der Waals surface area (Å²) in [4.78, 5) is 10.3. The van der Waals surface area contributed by atoms with E-state index in [1.54, 1.807) is 6.92 Å². The van der Waals surface area contributed by atoms with Crippen LogP contribution in [0.25, 0.3) is 0 Å². The fourth-order valence-electron chi connectivity index (χ4n) is 1.68. The average Bonchev–Trinajstić information content (AvgIpc) is 2.44. The number of nitrogens with zero attached hydrogens (tertiary/aromatic N) is 2. The minimum atomic E-state index is -3.78. The standard InChI is InChI=1S/C12H19N3O5S/c1-4-13-11-6-5-10(9-12(11)15(16)17)21(18,19)14(2)7-8-20-3/h5-6,9,13H,4,7-8H2,1-3H3. The lowest BCUT2D eigenvalue weighted by atomic mass is 10.2. The van der Waals surface area contributed by atoms with Crippen molar-refractivity contribution in [2.75, 3.05) is 39.2 Å². The summed E-state index contributed by atoms with van der Waals surface area (Å²) in [6.07, 6.45) is 0. The molecule has 1 aromatic carbocycles. The van der Waals surface area contributed by atoms with E-state index >= 15 is 0 Å². The summed E-state index contributed by atoms with van der Waals surface area (Å²) >= 11 is 0. The number of likely N-dealkylation sites (N-methyl/N-ethyl adjacent to an activating group) is 1. The van der Waals surface area contributed by atoms with Crippen LogP contribution in [0.1, 0.15) is 6.92 Å². The second-order valence-corrected chi connectivity index (χ2v) is 6.33. The van der Waals surface area contributed by atoms with Crippen LogP contribution in [0.4, 0.5) is 11.4 Å². The third-order valence-electron chi connectivity index (χ3n) is 2.85. The fourth-order valence-corrected chi connectivity index (χ4v) is 2.86. The second kappa shape index (κ2) is 7.34. The first-order chi connectivity index (χ1) is 9.84. The molecule has 21 heavy (non-hydrogen) atoms. The van der Waals surface area contributed by atoms with E-state index in [1.807, 2.05) is 0 Å². The summed E-state index contributed by atoms with van der Waals surface area (Å²) in [5, 5.41) is 13.9. The number of rotatable bonds is 8. The molecule has 0 saturated carbocycles. The minimum absolute atomic E-state index is 0.116. The molecule has 0 fully saturated rings. The van der Waals surface area contributed by atoms with Gasteiger partial charge in [0, 0.05) is 33.3 Å². The molecule has 1 aromatic rings. The maximum atomic E-state index is 12.3. The fraction of sp³-hybridized carbons (Fsp3) is 0.500. The zero-order valence-corrected chi connectivity index (χ0v) is 13.0. The lowest BCUT2D eigenvalue weighted by Crippen LogP contribution is -2.30. The topological polar surface area (TPSA) is 102 Å². The van der Waals surface area contributed by atoms with Crippen LogP contribution in [0.2, 0.25) is 0 Å². The number of sulfonamides is 1. The molecule has 0 bridgehead atoms. The van der Waals surface area contributed by atoms with Crippen molar-refractivity contribution in [2.45, 2.75) is 11.8 Å². The quantitative estimate of drug-likeness (QED) is 0.572. The number of nitrogens with one attached hydrogen (secondary N) is 1. The summed E-state index contributed by atoms with van der Waals surface area (Å²) in [5.41, 5.74) is 0.0269. The van der Waals surface area contributed by atoms with Crippen LogP contribution >= 0.6 is 0 Å². The molecule has 0 amide bonds. The Labute approximate surface area is 123 Å². The van der Waals surface area contributed by atoms with Crippen LogP contribution in [-0.4, -0.2) is 51.5 Å². The van der Waals surface area contributed by atoms with Crippen LogP contribution < -0.4 is 5.32 Å². The molecule has 0 atom stereocenters. The largest absolute Gasteiger partial charge is 0.383 e. The third kappa shape index (κ3) is 4.13. The van der Waals surface area contributed by atoms with Gasteiger partial charge in [-0.3, -0.25) is 10.1 Å². The molecule has 0 aliphatic rings. The molecular weight excluding hydrogens is 298 g/mol. The zero-order valence-electron chi connectivity index (χ0n) is 12.2. The maximum Gasteiger partial charge on any atom is 0.293 e. The van der Waals surface area contributed by atoms with Crippen molar-refractivity contribution in [3.8, 4) is 0 Å². The Balaban J connectivity index is 3.19. The Morgan fingerprint density at radius 2 is 2.10 bits per heavy atom. The molecule has 0 heterocycles. The van der Waals surface area contributed by atoms with E-state index in [1.165, 1.54) is 26.3 Å². The molecule has 9 heteroatoms. The van der Waals surface area contributed by atoms with Crippen molar-refractivity contribution in [3.05, 3.63) is 28.3 Å². The Bertz CT molecular complexity index is 603. The van der Waals surface area contributed by atoms with Gasteiger partial charge in [0.15, 0.2) is 0 Å². The smallest absolute Gasteiger partial charge is 0.293 e. The van der Waals surface area contributed by atoms with E-state index < -0.39 is 14.9 Å². The highest BCUT2D eigenvalue weighted by molar-refractivity contribution is 7.89. The second-order valence-electron chi connectivity index (χ2n) is 4.29. The van der Waals surface area contributed by atoms with E-state index in [4.69, 9.17) is 4.74 Å². The van der Waals surface area contributed by atoms with Gasteiger partial charge in [-0.15, -0.1) is 0 Å². The van der Waals surface area contributed by atoms with Crippen LogP contribution in [-0.2, 0) is 14.8 Å². The van der Waals surface area contributed by atoms with E-state index in [2.05, 4.69) is 5.32 Å². The highest BCUT2D eigenvalue weighted by Gasteiger charge is 2.24. The highest BCUT2D eigenvalue weighted by atomic mass is 32.2. The molecular formula is C12H19N3O5S. The minimum Gasteiger partial charge on any atom is -0.383 e. The summed E-state index contributed by atoms with van der Waals surface area (Å²) in [5.74, 6) is 0. The Morgan fingerprint density at radius 3 is 2.62 bits per heavy atom. The van der Waals surface area contributed by atoms with Gasteiger partial charge >= 0.3 is 0 Å². The first-order valence-electron chi connectivity index (χ1n) is 6.32. The number of ether oxygens (including phenoxy) is 1. The van der Waals surface area contributed by atoms with E-state index in [9.17, 15) is 18.5 Å². The maximum absolute atomic E-state index is 12.3. The molecule has 118 valence electrons. The van der Waals surface area contributed by atoms with Crippen molar-refractivity contribution >= 4 is 21.4 Å². The van der Waals surface area contributed by atoms with Gasteiger partial charge in [-0.25, -0.2) is 8.42 Å². The normalized spacial score (nSPS) is 11.6. The molecule has 0 saturated heterocycles. The number of anilines is 1. The van der Waals surface area contributed by atoms with Gasteiger partial charge in [0.1, 0.15) is 5.69 Å². The molecule has 1 rings (SSSR count). The molecule has 0 aliphatic carbocycles. The van der Waals surface area contributed by atoms with Crippen LogP contribution in [0.5, 0.6) is 0 Å². The summed E-state index contributed by atoms with van der Waals surface area (Å²) in [6, 6.07) is 3.82. The molecule has 1 N–H and O–H groups in total. The molecule has 0 radical (unpaired) electrons. The SMILES string of the molecule is CCNc1ccc(S(=O)(=O)N(C)CCOC)cc1[N+](=O)[O-]. The van der Waals surface area contributed by atoms with Gasteiger partial charge < -0.3 is 10.1 Å². The molecule has 0 spiro atoms. The number of nitro benzene ring substituents is 1. The van der Waals surface area contributed by atoms with Crippen LogP contribution in [0.15, 0.2) is 23.1 Å². The van der Waals surface area contributed by atoms with Gasteiger partial charge in [-0.2, -0.15) is 4.31 Å². The van der Waals surface area contributed by atoms with Gasteiger partial charge in [0.2, 0.25) is 10.0 Å². The van der Waals surface area contributed by atoms with Crippen molar-refractivity contribution < 1.29 is 18.1 Å². The summed E-state index contributed by atoms with van der Waals surface area (Å²) < 4.78 is 30.6. The first-order valence-corrected chi connectivity index (χ1v) is 7.76. The Kier molecular flexibility index (Phi) is 6.06. The van der Waals surface area contributed by atoms with Crippen molar-refractivity contribution in [1.29, 1.82) is 0 Å². The monoisotopic (exact) mass is 317 g/mol. The zero-order chi connectivity index (χ0) is 16.0. The van der Waals surface area contributed by atoms with Gasteiger partial charge in [0.25, 0.3) is 5.69 Å². The Hall–Kier alpha value is -1.71. The lowest BCUT2D eigenvalue weighted by Gasteiger charge is -2.17. The molecule has 0 unspecified atom stereocenters. The molecule has 0 aliphatic heterocycles. The van der Waals surface area contributed by atoms with Crippen molar-refractivity contribution in [3.63, 3.8) is 0 Å². The van der Waals surface area contributed by atoms with Gasteiger partial charge in [0.05, 0.1) is 16.4 Å². The van der Waals surface area contributed by atoms with Gasteiger partial charge in [-0.05, 0) is 19.1 Å². The van der Waals surface area contributed by atoms with Crippen molar-refractivity contribution in [2.24, 2.45) is 0 Å². The number of nitro groups is 1. The highest BCUT2D eigenvalue weighted by Crippen LogP contribution is 2.28. The van der Waals surface area contributed by atoms with E-state index in [0.717, 1.165) is 10.4 Å². The molecule has 0 aromatic heterocycles. The van der Waals surface area contributed by atoms with Crippen molar-refractivity contribution in [1.82, 2.24) is 4.31 Å². The van der Waals surface area contributed by atoms with E-state index in [-0.39, 0.29) is 23.7 Å². The lowest BCUT2D eigenvalue weighted by molar-refractivity contribution is -0.384. The third-order valence-corrected chi connectivity index (χ3v) is 4.70. The Morgan fingerprint density at radius 1 is 1.43 bits per heavy atom.